The molecule has 0 fully saturated rings. The zero-order valence-corrected chi connectivity index (χ0v) is 12.7. The Balaban J connectivity index is 2.10. The second-order valence-electron chi connectivity index (χ2n) is 4.74. The minimum Gasteiger partial charge on any atom is -0.481 e. The first kappa shape index (κ1) is 17.2. The molecule has 0 aliphatic rings. The minimum atomic E-state index is -0.868. The lowest BCUT2D eigenvalue weighted by Crippen LogP contribution is -2.33. The number of amides is 2. The molecule has 0 bridgehead atoms. The van der Waals surface area contributed by atoms with Crippen molar-refractivity contribution in [2.75, 3.05) is 6.54 Å². The highest BCUT2D eigenvalue weighted by Gasteiger charge is 2.10. The molecule has 1 atom stereocenters. The normalized spacial score (nSPS) is 11.7. The molecule has 1 unspecified atom stereocenters. The van der Waals surface area contributed by atoms with Gasteiger partial charge in [0.2, 0.25) is 5.91 Å². The van der Waals surface area contributed by atoms with Crippen molar-refractivity contribution in [3.63, 3.8) is 0 Å². The number of rotatable bonds is 9. The summed E-state index contributed by atoms with van der Waals surface area (Å²) in [4.78, 5) is 34.3. The standard InChI is InChI=1S/C14H20N2O4S/c1-10(6-7-13(18)19)16-12(17)5-2-8-15-14(20)11-4-3-9-21-11/h3-4,9-10H,2,5-8H2,1H3,(H,15,20)(H,16,17)(H,18,19). The van der Waals surface area contributed by atoms with Crippen molar-refractivity contribution in [3.8, 4) is 0 Å². The molecule has 21 heavy (non-hydrogen) atoms. The summed E-state index contributed by atoms with van der Waals surface area (Å²) in [5, 5.41) is 15.9. The lowest BCUT2D eigenvalue weighted by atomic mass is 10.1. The molecule has 0 saturated carbocycles. The van der Waals surface area contributed by atoms with E-state index < -0.39 is 5.97 Å². The van der Waals surface area contributed by atoms with Crippen LogP contribution in [0.15, 0.2) is 17.5 Å². The van der Waals surface area contributed by atoms with Crippen molar-refractivity contribution in [2.45, 2.75) is 38.6 Å². The highest BCUT2D eigenvalue weighted by atomic mass is 32.1. The molecule has 1 rings (SSSR count). The summed E-state index contributed by atoms with van der Waals surface area (Å²) < 4.78 is 0. The van der Waals surface area contributed by atoms with E-state index in [0.29, 0.717) is 30.7 Å². The summed E-state index contributed by atoms with van der Waals surface area (Å²) in [6.45, 7) is 2.22. The van der Waals surface area contributed by atoms with Crippen LogP contribution in [0.1, 0.15) is 42.3 Å². The fourth-order valence-electron chi connectivity index (χ4n) is 1.70. The van der Waals surface area contributed by atoms with E-state index in [1.165, 1.54) is 11.3 Å². The quantitative estimate of drug-likeness (QED) is 0.604. The average molecular weight is 312 g/mol. The first-order valence-corrected chi connectivity index (χ1v) is 7.70. The van der Waals surface area contributed by atoms with E-state index in [0.717, 1.165) is 0 Å². The number of carbonyl (C=O) groups excluding carboxylic acids is 2. The summed E-state index contributed by atoms with van der Waals surface area (Å²) >= 11 is 1.37. The number of hydrogen-bond donors (Lipinski definition) is 3. The van der Waals surface area contributed by atoms with Gasteiger partial charge in [0.1, 0.15) is 0 Å². The Bertz CT molecular complexity index is 473. The Labute approximate surface area is 127 Å². The van der Waals surface area contributed by atoms with Crippen LogP contribution in [0.3, 0.4) is 0 Å². The molecule has 7 heteroatoms. The van der Waals surface area contributed by atoms with E-state index in [2.05, 4.69) is 10.6 Å². The first-order valence-electron chi connectivity index (χ1n) is 6.82. The van der Waals surface area contributed by atoms with Crippen LogP contribution in [0.2, 0.25) is 0 Å². The van der Waals surface area contributed by atoms with Gasteiger partial charge in [-0.05, 0) is 31.2 Å². The Hall–Kier alpha value is -1.89. The average Bonchev–Trinajstić information content (AvgIpc) is 2.95. The molecule has 116 valence electrons. The third-order valence-electron chi connectivity index (χ3n) is 2.81. The molecule has 0 aliphatic heterocycles. The van der Waals surface area contributed by atoms with Gasteiger partial charge in [0.25, 0.3) is 5.91 Å². The van der Waals surface area contributed by atoms with Crippen molar-refractivity contribution >= 4 is 29.1 Å². The van der Waals surface area contributed by atoms with Crippen molar-refractivity contribution < 1.29 is 19.5 Å². The van der Waals surface area contributed by atoms with Crippen LogP contribution in [0.4, 0.5) is 0 Å². The first-order chi connectivity index (χ1) is 9.99. The van der Waals surface area contributed by atoms with Crippen molar-refractivity contribution in [1.29, 1.82) is 0 Å². The van der Waals surface area contributed by atoms with Crippen LogP contribution in [0, 0.1) is 0 Å². The van der Waals surface area contributed by atoms with E-state index in [4.69, 9.17) is 5.11 Å². The van der Waals surface area contributed by atoms with Gasteiger partial charge in [-0.1, -0.05) is 6.07 Å². The van der Waals surface area contributed by atoms with Crippen molar-refractivity contribution in [2.24, 2.45) is 0 Å². The van der Waals surface area contributed by atoms with Crippen LogP contribution in [-0.4, -0.2) is 35.5 Å². The Morgan fingerprint density at radius 2 is 2.10 bits per heavy atom. The van der Waals surface area contributed by atoms with Gasteiger partial charge < -0.3 is 15.7 Å². The number of hydrogen-bond acceptors (Lipinski definition) is 4. The maximum Gasteiger partial charge on any atom is 0.303 e. The summed E-state index contributed by atoms with van der Waals surface area (Å²) in [7, 11) is 0. The van der Waals surface area contributed by atoms with Gasteiger partial charge in [0.05, 0.1) is 4.88 Å². The third-order valence-corrected chi connectivity index (χ3v) is 3.68. The molecular weight excluding hydrogens is 292 g/mol. The number of aliphatic carboxylic acids is 1. The molecule has 1 aromatic rings. The maximum absolute atomic E-state index is 11.6. The molecule has 0 aliphatic carbocycles. The highest BCUT2D eigenvalue weighted by molar-refractivity contribution is 7.12. The van der Waals surface area contributed by atoms with E-state index in [9.17, 15) is 14.4 Å². The number of thiophene rings is 1. The van der Waals surface area contributed by atoms with Crippen LogP contribution < -0.4 is 10.6 Å². The van der Waals surface area contributed by atoms with Gasteiger partial charge in [-0.25, -0.2) is 0 Å². The topological polar surface area (TPSA) is 95.5 Å². The summed E-state index contributed by atoms with van der Waals surface area (Å²) in [6.07, 6.45) is 1.31. The predicted molar refractivity (Wildman–Crippen MR) is 80.4 cm³/mol. The summed E-state index contributed by atoms with van der Waals surface area (Å²) in [5.74, 6) is -1.12. The molecule has 3 N–H and O–H groups in total. The number of carboxylic acids is 1. The minimum absolute atomic E-state index is 0.0400. The molecule has 6 nitrogen and oxygen atoms in total. The van der Waals surface area contributed by atoms with Crippen LogP contribution >= 0.6 is 11.3 Å². The molecule has 1 aromatic heterocycles. The van der Waals surface area contributed by atoms with E-state index in [-0.39, 0.29) is 24.3 Å². The fraction of sp³-hybridized carbons (Fsp3) is 0.500. The molecule has 0 radical (unpaired) electrons. The summed E-state index contributed by atoms with van der Waals surface area (Å²) in [5.41, 5.74) is 0. The lowest BCUT2D eigenvalue weighted by Gasteiger charge is -2.12. The van der Waals surface area contributed by atoms with E-state index >= 15 is 0 Å². The molecule has 0 spiro atoms. The van der Waals surface area contributed by atoms with Gasteiger partial charge in [-0.3, -0.25) is 14.4 Å². The van der Waals surface area contributed by atoms with Gasteiger partial charge in [0.15, 0.2) is 0 Å². The van der Waals surface area contributed by atoms with Crippen LogP contribution in [0.25, 0.3) is 0 Å². The highest BCUT2D eigenvalue weighted by Crippen LogP contribution is 2.07. The Morgan fingerprint density at radius 1 is 1.33 bits per heavy atom. The molecule has 0 saturated heterocycles. The van der Waals surface area contributed by atoms with Crippen LogP contribution in [-0.2, 0) is 9.59 Å². The number of nitrogens with one attached hydrogen (secondary N) is 2. The molecule has 0 aromatic carbocycles. The van der Waals surface area contributed by atoms with Crippen molar-refractivity contribution in [3.05, 3.63) is 22.4 Å². The van der Waals surface area contributed by atoms with Gasteiger partial charge in [0, 0.05) is 25.4 Å². The van der Waals surface area contributed by atoms with E-state index in [1.807, 2.05) is 11.4 Å². The third kappa shape index (κ3) is 7.45. The number of carbonyl (C=O) groups is 3. The van der Waals surface area contributed by atoms with Gasteiger partial charge >= 0.3 is 5.97 Å². The SMILES string of the molecule is CC(CCC(=O)O)NC(=O)CCCNC(=O)c1cccs1. The lowest BCUT2D eigenvalue weighted by molar-refractivity contribution is -0.137. The zero-order valence-electron chi connectivity index (χ0n) is 11.9. The van der Waals surface area contributed by atoms with Crippen molar-refractivity contribution in [1.82, 2.24) is 10.6 Å². The fourth-order valence-corrected chi connectivity index (χ4v) is 2.34. The predicted octanol–water partition coefficient (Wildman–Crippen LogP) is 1.63. The maximum atomic E-state index is 11.6. The second kappa shape index (κ2) is 9.12. The smallest absolute Gasteiger partial charge is 0.303 e. The van der Waals surface area contributed by atoms with Gasteiger partial charge in [-0.2, -0.15) is 0 Å². The van der Waals surface area contributed by atoms with E-state index in [1.54, 1.807) is 13.0 Å². The largest absolute Gasteiger partial charge is 0.481 e. The molecular formula is C14H20N2O4S. The second-order valence-corrected chi connectivity index (χ2v) is 5.69. The monoisotopic (exact) mass is 312 g/mol. The molecule has 2 amide bonds. The zero-order chi connectivity index (χ0) is 15.7. The Morgan fingerprint density at radius 3 is 2.71 bits per heavy atom. The Kier molecular flexibility index (Phi) is 7.45. The number of carboxylic acid groups (broad SMARTS) is 1. The molecule has 1 heterocycles. The van der Waals surface area contributed by atoms with Crippen LogP contribution in [0.5, 0.6) is 0 Å². The van der Waals surface area contributed by atoms with Gasteiger partial charge in [-0.15, -0.1) is 11.3 Å². The summed E-state index contributed by atoms with van der Waals surface area (Å²) in [6, 6.07) is 3.40.